The summed E-state index contributed by atoms with van der Waals surface area (Å²) in [6, 6.07) is 3.45. The van der Waals surface area contributed by atoms with Crippen molar-refractivity contribution in [1.29, 1.82) is 5.26 Å². The normalized spacial score (nSPS) is 11.3. The van der Waals surface area contributed by atoms with Gasteiger partial charge in [-0.05, 0) is 47.1 Å². The van der Waals surface area contributed by atoms with Crippen molar-refractivity contribution in [3.05, 3.63) is 0 Å². The number of hydrogen-bond donors (Lipinski definition) is 0. The summed E-state index contributed by atoms with van der Waals surface area (Å²) in [5.41, 5.74) is 0. The Morgan fingerprint density at radius 2 is 1.57 bits per heavy atom. The summed E-state index contributed by atoms with van der Waals surface area (Å²) in [5, 5.41) is 8.39. The molecule has 14 heavy (non-hydrogen) atoms. The van der Waals surface area contributed by atoms with E-state index in [-0.39, 0.29) is 0 Å². The lowest BCUT2D eigenvalue weighted by Gasteiger charge is -2.30. The maximum atomic E-state index is 8.39. The van der Waals surface area contributed by atoms with E-state index in [2.05, 4.69) is 38.7 Å². The van der Waals surface area contributed by atoms with E-state index in [1.165, 1.54) is 19.4 Å². The molecule has 0 heterocycles. The van der Waals surface area contributed by atoms with Crippen molar-refractivity contribution in [2.45, 2.75) is 65.5 Å². The predicted octanol–water partition coefficient (Wildman–Crippen LogP) is 3.19. The molecule has 0 bridgehead atoms. The predicted molar refractivity (Wildman–Crippen MR) is 61.1 cm³/mol. The van der Waals surface area contributed by atoms with Crippen LogP contribution in [-0.4, -0.2) is 23.5 Å². The van der Waals surface area contributed by atoms with E-state index in [9.17, 15) is 0 Å². The maximum Gasteiger partial charge on any atom is 0.0621 e. The largest absolute Gasteiger partial charge is 0.299 e. The molecule has 0 aliphatic heterocycles. The van der Waals surface area contributed by atoms with Gasteiger partial charge in [0.05, 0.1) is 6.07 Å². The highest BCUT2D eigenvalue weighted by molar-refractivity contribution is 4.70. The Labute approximate surface area is 88.9 Å². The van der Waals surface area contributed by atoms with Crippen LogP contribution in [0, 0.1) is 11.3 Å². The first-order valence-corrected chi connectivity index (χ1v) is 5.72. The Bertz CT molecular complexity index is 160. The average Bonchev–Trinajstić information content (AvgIpc) is 2.09. The lowest BCUT2D eigenvalue weighted by Crippen LogP contribution is -2.37. The summed E-state index contributed by atoms with van der Waals surface area (Å²) >= 11 is 0. The fraction of sp³-hybridized carbons (Fsp3) is 0.917. The van der Waals surface area contributed by atoms with E-state index in [4.69, 9.17) is 5.26 Å². The first-order chi connectivity index (χ1) is 6.59. The highest BCUT2D eigenvalue weighted by Gasteiger charge is 2.11. The summed E-state index contributed by atoms with van der Waals surface area (Å²) in [5.74, 6) is 0. The van der Waals surface area contributed by atoms with Crippen LogP contribution in [0.2, 0.25) is 0 Å². The smallest absolute Gasteiger partial charge is 0.0621 e. The van der Waals surface area contributed by atoms with Gasteiger partial charge in [-0.15, -0.1) is 0 Å². The van der Waals surface area contributed by atoms with Gasteiger partial charge in [-0.1, -0.05) is 6.42 Å². The first kappa shape index (κ1) is 13.4. The zero-order chi connectivity index (χ0) is 11.0. The minimum Gasteiger partial charge on any atom is -0.299 e. The molecule has 0 unspecified atom stereocenters. The molecule has 0 saturated carbocycles. The molecule has 0 spiro atoms. The van der Waals surface area contributed by atoms with Crippen LogP contribution in [0.3, 0.4) is 0 Å². The van der Waals surface area contributed by atoms with Gasteiger partial charge >= 0.3 is 0 Å². The fourth-order valence-electron chi connectivity index (χ4n) is 1.79. The van der Waals surface area contributed by atoms with Crippen LogP contribution in [0.5, 0.6) is 0 Å². The lowest BCUT2D eigenvalue weighted by atomic mass is 10.1. The molecule has 0 amide bonds. The monoisotopic (exact) mass is 196 g/mol. The minimum atomic E-state index is 0.631. The third kappa shape index (κ3) is 5.99. The Balaban J connectivity index is 3.58. The van der Waals surface area contributed by atoms with Crippen molar-refractivity contribution in [3.63, 3.8) is 0 Å². The summed E-state index contributed by atoms with van der Waals surface area (Å²) in [4.78, 5) is 2.51. The van der Waals surface area contributed by atoms with Crippen LogP contribution < -0.4 is 0 Å². The second-order valence-corrected chi connectivity index (χ2v) is 4.39. The lowest BCUT2D eigenvalue weighted by molar-refractivity contribution is 0.171. The molecule has 82 valence electrons. The topological polar surface area (TPSA) is 27.0 Å². The Kier molecular flexibility index (Phi) is 7.51. The van der Waals surface area contributed by atoms with E-state index in [1.807, 2.05) is 0 Å². The van der Waals surface area contributed by atoms with Gasteiger partial charge in [-0.25, -0.2) is 0 Å². The standard InChI is InChI=1S/C12H24N2/c1-11(2)14(12(3)4)10-8-6-5-7-9-13/h11-12H,5-8,10H2,1-4H3. The van der Waals surface area contributed by atoms with E-state index in [1.54, 1.807) is 0 Å². The van der Waals surface area contributed by atoms with Crippen LogP contribution in [0.25, 0.3) is 0 Å². The summed E-state index contributed by atoms with van der Waals surface area (Å²) in [6.07, 6.45) is 4.17. The molecule has 0 aromatic carbocycles. The summed E-state index contributed by atoms with van der Waals surface area (Å²) < 4.78 is 0. The van der Waals surface area contributed by atoms with E-state index >= 15 is 0 Å². The molecule has 0 aromatic rings. The van der Waals surface area contributed by atoms with Crippen LogP contribution in [0.15, 0.2) is 0 Å². The molecule has 0 N–H and O–H groups in total. The van der Waals surface area contributed by atoms with Gasteiger partial charge in [0.25, 0.3) is 0 Å². The van der Waals surface area contributed by atoms with E-state index in [0.29, 0.717) is 18.5 Å². The van der Waals surface area contributed by atoms with Crippen molar-refractivity contribution in [2.24, 2.45) is 0 Å². The number of nitriles is 1. The third-order valence-electron chi connectivity index (χ3n) is 2.53. The Hall–Kier alpha value is -0.550. The van der Waals surface area contributed by atoms with Crippen molar-refractivity contribution in [1.82, 2.24) is 4.90 Å². The molecule has 0 aliphatic rings. The van der Waals surface area contributed by atoms with Crippen molar-refractivity contribution < 1.29 is 0 Å². The van der Waals surface area contributed by atoms with Gasteiger partial charge in [0.15, 0.2) is 0 Å². The maximum absolute atomic E-state index is 8.39. The van der Waals surface area contributed by atoms with Crippen LogP contribution >= 0.6 is 0 Å². The number of hydrogen-bond acceptors (Lipinski definition) is 2. The fourth-order valence-corrected chi connectivity index (χ4v) is 1.79. The molecule has 0 atom stereocenters. The molecule has 2 heteroatoms. The zero-order valence-corrected chi connectivity index (χ0v) is 10.1. The third-order valence-corrected chi connectivity index (χ3v) is 2.53. The van der Waals surface area contributed by atoms with E-state index < -0.39 is 0 Å². The minimum absolute atomic E-state index is 0.631. The molecular formula is C12H24N2. The Morgan fingerprint density at radius 3 is 2.00 bits per heavy atom. The summed E-state index contributed by atoms with van der Waals surface area (Å²) in [7, 11) is 0. The molecule has 2 nitrogen and oxygen atoms in total. The number of unbranched alkanes of at least 4 members (excludes halogenated alkanes) is 3. The molecular weight excluding hydrogens is 172 g/mol. The molecule has 0 fully saturated rings. The van der Waals surface area contributed by atoms with Gasteiger partial charge in [-0.3, -0.25) is 4.90 Å². The molecule has 0 radical (unpaired) electrons. The molecule has 0 aliphatic carbocycles. The molecule has 0 aromatic heterocycles. The highest BCUT2D eigenvalue weighted by atomic mass is 15.2. The second kappa shape index (κ2) is 7.82. The highest BCUT2D eigenvalue weighted by Crippen LogP contribution is 2.08. The van der Waals surface area contributed by atoms with Gasteiger partial charge in [0, 0.05) is 18.5 Å². The van der Waals surface area contributed by atoms with E-state index in [0.717, 1.165) is 6.42 Å². The van der Waals surface area contributed by atoms with Crippen molar-refractivity contribution >= 4 is 0 Å². The summed E-state index contributed by atoms with van der Waals surface area (Å²) in [6.45, 7) is 10.1. The number of nitrogens with zero attached hydrogens (tertiary/aromatic N) is 2. The number of rotatable bonds is 7. The SMILES string of the molecule is CC(C)N(CCCCCC#N)C(C)C. The first-order valence-electron chi connectivity index (χ1n) is 5.72. The quantitative estimate of drug-likeness (QED) is 0.585. The van der Waals surface area contributed by atoms with Crippen molar-refractivity contribution in [2.75, 3.05) is 6.54 Å². The molecule has 0 rings (SSSR count). The molecule has 0 saturated heterocycles. The van der Waals surface area contributed by atoms with Gasteiger partial charge in [-0.2, -0.15) is 5.26 Å². The van der Waals surface area contributed by atoms with Gasteiger partial charge < -0.3 is 0 Å². The second-order valence-electron chi connectivity index (χ2n) is 4.39. The van der Waals surface area contributed by atoms with Crippen molar-refractivity contribution in [3.8, 4) is 6.07 Å². The zero-order valence-electron chi connectivity index (χ0n) is 10.1. The average molecular weight is 196 g/mol. The Morgan fingerprint density at radius 1 is 1.00 bits per heavy atom. The van der Waals surface area contributed by atoms with Crippen LogP contribution in [-0.2, 0) is 0 Å². The van der Waals surface area contributed by atoms with Crippen LogP contribution in [0.1, 0.15) is 53.4 Å². The van der Waals surface area contributed by atoms with Gasteiger partial charge in [0.1, 0.15) is 0 Å². The van der Waals surface area contributed by atoms with Crippen LogP contribution in [0.4, 0.5) is 0 Å². The van der Waals surface area contributed by atoms with Gasteiger partial charge in [0.2, 0.25) is 0 Å².